The van der Waals surface area contributed by atoms with E-state index in [2.05, 4.69) is 0 Å². The van der Waals surface area contributed by atoms with E-state index in [-0.39, 0.29) is 5.91 Å². The molecule has 5 nitrogen and oxygen atoms in total. The van der Waals surface area contributed by atoms with Crippen molar-refractivity contribution in [3.05, 3.63) is 35.9 Å². The first-order valence-corrected chi connectivity index (χ1v) is 8.29. The van der Waals surface area contributed by atoms with E-state index in [1.165, 1.54) is 12.2 Å². The molecule has 1 aromatic carbocycles. The molecule has 1 heterocycles. The average molecular weight is 339 g/mol. The van der Waals surface area contributed by atoms with Gasteiger partial charge >= 0.3 is 5.97 Å². The third kappa shape index (κ3) is 4.81. The van der Waals surface area contributed by atoms with Gasteiger partial charge in [0.25, 0.3) is 0 Å². The average Bonchev–Trinajstić information content (AvgIpc) is 3.01. The molecular formula is C19H22BNO4. The number of carbonyl (C=O) groups is 3. The van der Waals surface area contributed by atoms with Crippen LogP contribution in [0.25, 0.3) is 6.08 Å². The van der Waals surface area contributed by atoms with Crippen LogP contribution in [0.2, 0.25) is 0 Å². The van der Waals surface area contributed by atoms with Crippen LogP contribution in [0.3, 0.4) is 0 Å². The number of hydrogen-bond acceptors (Lipinski definition) is 4. The molecule has 130 valence electrons. The van der Waals surface area contributed by atoms with E-state index in [0.29, 0.717) is 24.3 Å². The number of para-hydroxylation sites is 1. The zero-order valence-corrected chi connectivity index (χ0v) is 14.8. The number of amides is 1. The van der Waals surface area contributed by atoms with Gasteiger partial charge < -0.3 is 14.4 Å². The molecular weight excluding hydrogens is 317 g/mol. The van der Waals surface area contributed by atoms with Crippen molar-refractivity contribution in [1.29, 1.82) is 0 Å². The Morgan fingerprint density at radius 3 is 2.56 bits per heavy atom. The fourth-order valence-electron chi connectivity index (χ4n) is 2.75. The highest BCUT2D eigenvalue weighted by Gasteiger charge is 2.39. The van der Waals surface area contributed by atoms with Crippen LogP contribution >= 0.6 is 0 Å². The summed E-state index contributed by atoms with van der Waals surface area (Å²) < 4.78 is 5.52. The molecule has 2 radical (unpaired) electrons. The van der Waals surface area contributed by atoms with E-state index in [1.54, 1.807) is 29.2 Å². The van der Waals surface area contributed by atoms with Crippen LogP contribution in [0.1, 0.15) is 39.2 Å². The number of benzene rings is 1. The van der Waals surface area contributed by atoms with Crippen molar-refractivity contribution in [2.24, 2.45) is 5.41 Å². The summed E-state index contributed by atoms with van der Waals surface area (Å²) in [5.74, 6) is -0.191. The summed E-state index contributed by atoms with van der Waals surface area (Å²) in [5, 5.41) is 0. The molecule has 2 rings (SSSR count). The minimum atomic E-state index is -0.584. The summed E-state index contributed by atoms with van der Waals surface area (Å²) in [6.07, 6.45) is 4.06. The Hall–Kier alpha value is -2.37. The Balaban J connectivity index is 2.17. The van der Waals surface area contributed by atoms with Crippen LogP contribution in [-0.4, -0.2) is 42.9 Å². The quantitative estimate of drug-likeness (QED) is 0.366. The van der Waals surface area contributed by atoms with Gasteiger partial charge in [-0.05, 0) is 31.1 Å². The lowest BCUT2D eigenvalue weighted by Gasteiger charge is -2.29. The number of hydrogen-bond donors (Lipinski definition) is 0. The number of ether oxygens (including phenoxy) is 1. The molecule has 1 amide bonds. The first-order chi connectivity index (χ1) is 11.7. The van der Waals surface area contributed by atoms with E-state index in [9.17, 15) is 14.4 Å². The van der Waals surface area contributed by atoms with Crippen LogP contribution in [0, 0.1) is 5.41 Å². The highest BCUT2D eigenvalue weighted by Crippen LogP contribution is 2.27. The fourth-order valence-corrected chi connectivity index (χ4v) is 2.75. The zero-order chi connectivity index (χ0) is 18.6. The van der Waals surface area contributed by atoms with Crippen molar-refractivity contribution in [2.75, 3.05) is 6.54 Å². The maximum Gasteiger partial charge on any atom is 0.334 e. The highest BCUT2D eigenvalue weighted by molar-refractivity contribution is 6.61. The van der Waals surface area contributed by atoms with Crippen molar-refractivity contribution in [3.8, 4) is 5.75 Å². The number of nitrogens with zero attached hydrogens (tertiary/aromatic N) is 1. The Kier molecular flexibility index (Phi) is 5.83. The first-order valence-electron chi connectivity index (χ1n) is 8.29. The molecule has 1 aromatic rings. The second-order valence-corrected chi connectivity index (χ2v) is 7.10. The van der Waals surface area contributed by atoms with Gasteiger partial charge in [0.05, 0.1) is 5.68 Å². The Bertz CT molecular complexity index is 706. The molecule has 25 heavy (non-hydrogen) atoms. The smallest absolute Gasteiger partial charge is 0.334 e. The fraction of sp³-hybridized carbons (Fsp3) is 0.421. The maximum absolute atomic E-state index is 12.6. The number of rotatable bonds is 4. The van der Waals surface area contributed by atoms with Crippen molar-refractivity contribution >= 4 is 31.5 Å². The van der Waals surface area contributed by atoms with E-state index < -0.39 is 23.1 Å². The normalized spacial score (nSPS) is 17.7. The summed E-state index contributed by atoms with van der Waals surface area (Å²) in [7, 11) is 5.11. The third-order valence-corrected chi connectivity index (χ3v) is 3.98. The molecule has 0 N–H and O–H groups in total. The summed E-state index contributed by atoms with van der Waals surface area (Å²) in [4.78, 5) is 37.7. The number of allylic oxidation sites excluding steroid dienone is 1. The lowest BCUT2D eigenvalue weighted by atomic mass is 9.94. The monoisotopic (exact) mass is 339 g/mol. The van der Waals surface area contributed by atoms with Crippen molar-refractivity contribution in [1.82, 2.24) is 4.90 Å². The molecule has 0 aromatic heterocycles. The molecule has 0 aliphatic carbocycles. The Morgan fingerprint density at radius 2 is 1.92 bits per heavy atom. The van der Waals surface area contributed by atoms with Gasteiger partial charge in [-0.1, -0.05) is 39.0 Å². The molecule has 1 atom stereocenters. The van der Waals surface area contributed by atoms with Gasteiger partial charge in [0.2, 0.25) is 5.91 Å². The van der Waals surface area contributed by atoms with Gasteiger partial charge in [-0.15, -0.1) is 0 Å². The molecule has 1 aliphatic rings. The van der Waals surface area contributed by atoms with Crippen LogP contribution in [-0.2, 0) is 14.4 Å². The maximum atomic E-state index is 12.6. The van der Waals surface area contributed by atoms with Crippen LogP contribution in [0.4, 0.5) is 0 Å². The molecule has 1 saturated heterocycles. The minimum absolute atomic E-state index is 0.0612. The van der Waals surface area contributed by atoms with Crippen molar-refractivity contribution < 1.29 is 19.1 Å². The largest absolute Gasteiger partial charge is 0.424 e. The van der Waals surface area contributed by atoms with Crippen molar-refractivity contribution in [2.45, 2.75) is 39.7 Å². The summed E-state index contributed by atoms with van der Waals surface area (Å²) in [6, 6.07) is 6.28. The van der Waals surface area contributed by atoms with E-state index in [4.69, 9.17) is 12.6 Å². The summed E-state index contributed by atoms with van der Waals surface area (Å²) in [6.45, 7) is 6.05. The predicted molar refractivity (Wildman–Crippen MR) is 96.1 cm³/mol. The van der Waals surface area contributed by atoms with E-state index in [0.717, 1.165) is 6.42 Å². The second-order valence-electron chi connectivity index (χ2n) is 7.10. The van der Waals surface area contributed by atoms with Crippen LogP contribution in [0.15, 0.2) is 30.3 Å². The number of carbonyl (C=O) groups excluding carboxylic acids is 3. The lowest BCUT2D eigenvalue weighted by Crippen LogP contribution is -2.47. The van der Waals surface area contributed by atoms with E-state index >= 15 is 0 Å². The van der Waals surface area contributed by atoms with Gasteiger partial charge in [-0.3, -0.25) is 4.79 Å². The summed E-state index contributed by atoms with van der Waals surface area (Å²) in [5.41, 5.74) is -0.564. The molecule has 1 unspecified atom stereocenters. The van der Waals surface area contributed by atoms with Gasteiger partial charge in [0, 0.05) is 17.5 Å². The lowest BCUT2D eigenvalue weighted by molar-refractivity contribution is -0.150. The highest BCUT2D eigenvalue weighted by atomic mass is 16.5. The summed E-state index contributed by atoms with van der Waals surface area (Å²) >= 11 is 0. The first kappa shape index (κ1) is 19.0. The minimum Gasteiger partial charge on any atom is -0.424 e. The third-order valence-electron chi connectivity index (χ3n) is 3.98. The topological polar surface area (TPSA) is 63.7 Å². The molecule has 0 spiro atoms. The zero-order valence-electron chi connectivity index (χ0n) is 14.8. The SMILES string of the molecule is [B]C(=O)/C=C\c1ccccc1OC(=O)C1CCCN1C(=O)C(C)(C)C. The molecule has 1 aliphatic heterocycles. The van der Waals surface area contributed by atoms with Gasteiger partial charge in [0.15, 0.2) is 7.85 Å². The second kappa shape index (κ2) is 7.68. The molecule has 1 fully saturated rings. The number of likely N-dealkylation sites (tertiary alicyclic amines) is 1. The van der Waals surface area contributed by atoms with Crippen molar-refractivity contribution in [3.63, 3.8) is 0 Å². The van der Waals surface area contributed by atoms with Gasteiger partial charge in [0.1, 0.15) is 11.8 Å². The van der Waals surface area contributed by atoms with Crippen LogP contribution in [0.5, 0.6) is 5.75 Å². The van der Waals surface area contributed by atoms with E-state index in [1.807, 2.05) is 20.8 Å². The van der Waals surface area contributed by atoms with Gasteiger partial charge in [-0.2, -0.15) is 0 Å². The Labute approximate surface area is 149 Å². The van der Waals surface area contributed by atoms with Gasteiger partial charge in [-0.25, -0.2) is 4.79 Å². The van der Waals surface area contributed by atoms with Crippen LogP contribution < -0.4 is 4.74 Å². The molecule has 0 saturated carbocycles. The standard InChI is InChI=1S/C19H22BNO4/c1-19(2,3)18(24)21-12-6-8-14(21)17(23)25-15-9-5-4-7-13(15)10-11-16(20)22/h4-5,7,9-11,14H,6,8,12H2,1-3H3/b11-10-. The molecule has 6 heteroatoms. The number of esters is 1. The Morgan fingerprint density at radius 1 is 1.24 bits per heavy atom. The molecule has 0 bridgehead atoms. The predicted octanol–water partition coefficient (Wildman–Crippen LogP) is 2.34.